The molecule has 0 fully saturated rings. The van der Waals surface area contributed by atoms with E-state index in [9.17, 15) is 0 Å². The highest BCUT2D eigenvalue weighted by molar-refractivity contribution is 7.27. The molecule has 0 spiro atoms. The number of thiophene rings is 4. The second-order valence-electron chi connectivity index (χ2n) is 51.3. The van der Waals surface area contributed by atoms with Crippen molar-refractivity contribution in [3.63, 3.8) is 0 Å². The quantitative estimate of drug-likeness (QED) is 0.163. The van der Waals surface area contributed by atoms with Crippen LogP contribution in [0, 0.1) is 0 Å². The van der Waals surface area contributed by atoms with Crippen molar-refractivity contribution in [3.8, 4) is 11.4 Å². The molecule has 0 unspecified atom stereocenters. The van der Waals surface area contributed by atoms with Gasteiger partial charge in [-0.2, -0.15) is 0 Å². The molecule has 6 heteroatoms. The first-order valence-corrected chi connectivity index (χ1v) is 53.4. The van der Waals surface area contributed by atoms with E-state index in [-0.39, 0.29) is 65.0 Å². The van der Waals surface area contributed by atoms with Gasteiger partial charge >= 0.3 is 0 Å². The number of nitrogens with zero attached hydrogens (tertiary/aromatic N) is 2. The van der Waals surface area contributed by atoms with Gasteiger partial charge in [0, 0.05) is 114 Å². The van der Waals surface area contributed by atoms with Gasteiger partial charge in [-0.15, -0.1) is 45.3 Å². The van der Waals surface area contributed by atoms with Gasteiger partial charge in [-0.25, -0.2) is 0 Å². The normalized spacial score (nSPS) is 13.1. The molecule has 6 aromatic heterocycles. The van der Waals surface area contributed by atoms with Crippen LogP contribution in [-0.4, -0.2) is 9.13 Å². The first-order chi connectivity index (χ1) is 64.0. The first-order valence-electron chi connectivity index (χ1n) is 50.2. The van der Waals surface area contributed by atoms with Crippen molar-refractivity contribution >= 4 is 170 Å². The minimum Gasteiger partial charge on any atom is -0.309 e. The number of hydrogen-bond donors (Lipinski definition) is 0. The molecule has 716 valence electrons. The van der Waals surface area contributed by atoms with Gasteiger partial charge in [-0.05, 0) is 247 Å². The van der Waals surface area contributed by atoms with Crippen molar-refractivity contribution in [2.45, 2.75) is 314 Å². The number of hydrogen-bond acceptors (Lipinski definition) is 4. The van der Waals surface area contributed by atoms with Crippen molar-refractivity contribution in [2.24, 2.45) is 0 Å². The molecule has 0 N–H and O–H groups in total. The van der Waals surface area contributed by atoms with Gasteiger partial charge in [0.1, 0.15) is 0 Å². The summed E-state index contributed by atoms with van der Waals surface area (Å²) < 4.78 is 16.1. The van der Waals surface area contributed by atoms with E-state index in [2.05, 4.69) is 537 Å². The Morgan fingerprint density at radius 1 is 0.152 bits per heavy atom. The fourth-order valence-electron chi connectivity index (χ4n) is 19.0. The van der Waals surface area contributed by atoms with Crippen molar-refractivity contribution < 1.29 is 0 Å². The fourth-order valence-corrected chi connectivity index (χ4v) is 23.8. The monoisotopic (exact) mass is 1900 g/mol. The van der Waals surface area contributed by atoms with Crippen LogP contribution in [0.5, 0.6) is 0 Å². The summed E-state index contributed by atoms with van der Waals surface area (Å²) in [4.78, 5) is 0. The smallest absolute Gasteiger partial charge is 0.0544 e. The maximum atomic E-state index is 2.43. The van der Waals surface area contributed by atoms with Gasteiger partial charge in [0.05, 0.1) is 22.1 Å². The predicted molar refractivity (Wildman–Crippen MR) is 623 cm³/mol. The lowest BCUT2D eigenvalue weighted by molar-refractivity contribution is 0.590. The van der Waals surface area contributed by atoms with Crippen LogP contribution in [0.3, 0.4) is 0 Å². The lowest BCUT2D eigenvalue weighted by Crippen LogP contribution is -2.12. The van der Waals surface area contributed by atoms with Crippen LogP contribution in [-0.2, 0) is 65.0 Å². The van der Waals surface area contributed by atoms with E-state index in [1.165, 1.54) is 202 Å². The first kappa shape index (κ1) is 102. The maximum Gasteiger partial charge on any atom is 0.0544 e. The van der Waals surface area contributed by atoms with E-state index in [0.29, 0.717) is 0 Å². The third-order valence-electron chi connectivity index (χ3n) is 27.7. The average molecular weight is 1900 g/mol. The molecule has 0 aliphatic carbocycles. The van der Waals surface area contributed by atoms with Crippen molar-refractivity contribution in [1.82, 2.24) is 9.13 Å². The number of benzene rings is 14. The van der Waals surface area contributed by atoms with Gasteiger partial charge in [0.2, 0.25) is 0 Å². The summed E-state index contributed by atoms with van der Waals surface area (Å²) in [5, 5.41) is 16.7. The van der Waals surface area contributed by atoms with Crippen molar-refractivity contribution in [3.05, 3.63) is 346 Å². The zero-order valence-corrected chi connectivity index (χ0v) is 93.4. The van der Waals surface area contributed by atoms with Crippen molar-refractivity contribution in [1.29, 1.82) is 0 Å². The molecule has 2 nitrogen and oxygen atoms in total. The molecule has 0 saturated heterocycles. The topological polar surface area (TPSA) is 9.86 Å². The van der Waals surface area contributed by atoms with Gasteiger partial charge in [-0.1, -0.05) is 413 Å². The standard InChI is InChI=1S/2C26H29N.4C20H24S/c1-25(2,3)18-15-16-22-20(17-18)24-21(26(4,5)6)13-10-14-23(24)27(22)19-11-8-7-9-12-19;1-25(2,3)18-12-14-21-22-15-13-19(26(4,5)6)17-24(22)27(23(21)16-18)20-10-8-7-9-11-20;1-19(2,3)13-8-10-17-16(11-13)15-9-7-14(20(4,5)6)12-18(15)21-17;1-19(2,3)13-7-9-17-15(11-13)16-12-14(20(4,5)6)8-10-18(16)21-17;1-19(2,3)13-7-9-15-16-10-8-14(20(4,5)6)12-18(16)21-17(15)11-13;1-19(2,3)14-10-8-12-16-17(14)13-9-7-11-15(18(13)21-16)20(4,5)6/h2*7-17H,1-6H3;4*7-12H,1-6H3. The molecule has 6 heterocycles. The van der Waals surface area contributed by atoms with Crippen LogP contribution in [0.25, 0.3) is 136 Å². The summed E-state index contributed by atoms with van der Waals surface area (Å²) in [5.74, 6) is 0. The highest BCUT2D eigenvalue weighted by Crippen LogP contribution is 2.49. The predicted octanol–water partition coefficient (Wildman–Crippen LogP) is 41.4. The van der Waals surface area contributed by atoms with E-state index in [1.807, 2.05) is 45.3 Å². The Morgan fingerprint density at radius 3 is 0.797 bits per heavy atom. The van der Waals surface area contributed by atoms with Gasteiger partial charge in [0.25, 0.3) is 0 Å². The van der Waals surface area contributed by atoms with E-state index in [4.69, 9.17) is 0 Å². The third-order valence-corrected chi connectivity index (χ3v) is 32.3. The fraction of sp³-hybridized carbons (Fsp3) is 0.364. The van der Waals surface area contributed by atoms with E-state index in [0.717, 1.165) is 0 Å². The van der Waals surface area contributed by atoms with Crippen LogP contribution in [0.4, 0.5) is 0 Å². The second-order valence-corrected chi connectivity index (χ2v) is 55.6. The molecule has 0 radical (unpaired) electrons. The average Bonchev–Trinajstić information content (AvgIpc) is 1.57. The Balaban J connectivity index is 0.000000126. The largest absolute Gasteiger partial charge is 0.309 e. The summed E-state index contributed by atoms with van der Waals surface area (Å²) in [7, 11) is 0. The Hall–Kier alpha value is -10.4. The van der Waals surface area contributed by atoms with Crippen molar-refractivity contribution in [2.75, 3.05) is 0 Å². The van der Waals surface area contributed by atoms with E-state index in [1.54, 1.807) is 0 Å². The number of aromatic nitrogens is 2. The van der Waals surface area contributed by atoms with Crippen LogP contribution in [0.2, 0.25) is 0 Å². The van der Waals surface area contributed by atoms with Gasteiger partial charge in [0.15, 0.2) is 0 Å². The van der Waals surface area contributed by atoms with Gasteiger partial charge < -0.3 is 9.13 Å². The van der Waals surface area contributed by atoms with Crippen LogP contribution in [0.15, 0.2) is 279 Å². The number of fused-ring (bicyclic) bond motifs is 18. The Labute approximate surface area is 843 Å². The van der Waals surface area contributed by atoms with Gasteiger partial charge in [-0.3, -0.25) is 0 Å². The Morgan fingerprint density at radius 2 is 0.428 bits per heavy atom. The zero-order valence-electron chi connectivity index (χ0n) is 90.1. The summed E-state index contributed by atoms with van der Waals surface area (Å²) in [5.41, 5.74) is 26.5. The Bertz CT molecular complexity index is 7630. The number of para-hydroxylation sites is 2. The van der Waals surface area contributed by atoms with E-state index >= 15 is 0 Å². The summed E-state index contributed by atoms with van der Waals surface area (Å²) in [6, 6.07) is 104. The molecular formula is C132H154N2S4. The molecule has 20 rings (SSSR count). The van der Waals surface area contributed by atoms with E-state index < -0.39 is 0 Å². The molecular weight excluding hydrogens is 1740 g/mol. The summed E-state index contributed by atoms with van der Waals surface area (Å²) in [6.45, 7) is 82.3. The molecule has 14 aromatic carbocycles. The Kier molecular flexibility index (Phi) is 27.5. The lowest BCUT2D eigenvalue weighted by Gasteiger charge is -2.21. The summed E-state index contributed by atoms with van der Waals surface area (Å²) in [6.07, 6.45) is 0. The molecule has 0 atom stereocenters. The SMILES string of the molecule is CC(C)(C)c1ccc2c(c1)c1c(C(C)(C)C)cccc1n2-c1ccccc1.CC(C)(C)c1ccc2c(c1)sc1cc(C(C)(C)C)ccc12.CC(C)(C)c1ccc2c(c1)sc1ccc(C(C)(C)C)cc12.CC(C)(C)c1ccc2c3ccc(C(C)(C)C)cc3n(-c3ccccc3)c2c1.CC(C)(C)c1ccc2sc3ccc(C(C)(C)C)cc3c2c1.CC(C)(C)c1cccc2c1sc1cccc(C(C)(C)C)c12. The third kappa shape index (κ3) is 21.6. The highest BCUT2D eigenvalue weighted by Gasteiger charge is 2.30. The summed E-state index contributed by atoms with van der Waals surface area (Å²) >= 11 is 7.68. The molecule has 0 saturated carbocycles. The van der Waals surface area contributed by atoms with Crippen LogP contribution >= 0.6 is 45.3 Å². The minimum atomic E-state index is 0.0903. The van der Waals surface area contributed by atoms with Crippen LogP contribution in [0.1, 0.15) is 316 Å². The maximum absolute atomic E-state index is 2.43. The molecule has 0 amide bonds. The number of rotatable bonds is 2. The molecule has 0 aliphatic heterocycles. The molecule has 0 bridgehead atoms. The zero-order chi connectivity index (χ0) is 100. The minimum absolute atomic E-state index is 0.0903. The second kappa shape index (κ2) is 37.2. The molecule has 138 heavy (non-hydrogen) atoms. The van der Waals surface area contributed by atoms with Crippen LogP contribution < -0.4 is 0 Å². The molecule has 20 aromatic rings. The highest BCUT2D eigenvalue weighted by atomic mass is 32.1. The lowest BCUT2D eigenvalue weighted by atomic mass is 9.83. The molecule has 0 aliphatic rings.